The van der Waals surface area contributed by atoms with Gasteiger partial charge in [0.2, 0.25) is 5.89 Å². The molecule has 0 aliphatic carbocycles. The minimum Gasteiger partial charge on any atom is -0.506 e. The summed E-state index contributed by atoms with van der Waals surface area (Å²) in [7, 11) is 0. The lowest BCUT2D eigenvalue weighted by atomic mass is 10.3. The molecule has 0 bridgehead atoms. The highest BCUT2D eigenvalue weighted by Crippen LogP contribution is 2.07. The van der Waals surface area contributed by atoms with Crippen LogP contribution in [0.25, 0.3) is 0 Å². The molecule has 2 heterocycles. The zero-order chi connectivity index (χ0) is 13.7. The third-order valence-corrected chi connectivity index (χ3v) is 2.71. The van der Waals surface area contributed by atoms with Gasteiger partial charge in [0, 0.05) is 0 Å². The lowest BCUT2D eigenvalue weighted by molar-refractivity contribution is 0.0941. The Morgan fingerprint density at radius 1 is 1.53 bits per heavy atom. The monoisotopic (exact) mass is 280 g/mol. The number of rotatable bonds is 5. The van der Waals surface area contributed by atoms with Crippen molar-refractivity contribution in [2.45, 2.75) is 12.3 Å². The van der Waals surface area contributed by atoms with Gasteiger partial charge in [0.15, 0.2) is 5.82 Å². The van der Waals surface area contributed by atoms with E-state index in [-0.39, 0.29) is 23.9 Å². The summed E-state index contributed by atoms with van der Waals surface area (Å²) in [5.74, 6) is 1.24. The van der Waals surface area contributed by atoms with E-state index in [1.54, 1.807) is 11.8 Å². The second-order valence-electron chi connectivity index (χ2n) is 3.62. The number of nitrogens with zero attached hydrogens (tertiary/aromatic N) is 3. The second kappa shape index (κ2) is 6.19. The Bertz CT molecular complexity index is 555. The molecule has 0 saturated heterocycles. The van der Waals surface area contributed by atoms with E-state index >= 15 is 0 Å². The first kappa shape index (κ1) is 13.3. The van der Waals surface area contributed by atoms with Crippen molar-refractivity contribution in [3.8, 4) is 5.75 Å². The number of nitrogens with one attached hydrogen (secondary N) is 1. The maximum absolute atomic E-state index is 11.7. The van der Waals surface area contributed by atoms with Gasteiger partial charge in [0.25, 0.3) is 5.91 Å². The quantitative estimate of drug-likeness (QED) is 0.841. The summed E-state index contributed by atoms with van der Waals surface area (Å²) in [4.78, 5) is 19.6. The van der Waals surface area contributed by atoms with Crippen molar-refractivity contribution >= 4 is 17.7 Å². The molecule has 0 aliphatic rings. The van der Waals surface area contributed by atoms with Crippen LogP contribution in [0.4, 0.5) is 0 Å². The minimum absolute atomic E-state index is 0.00941. The molecule has 2 aromatic heterocycles. The largest absolute Gasteiger partial charge is 0.506 e. The summed E-state index contributed by atoms with van der Waals surface area (Å²) in [5, 5.41) is 15.4. The van der Waals surface area contributed by atoms with Crippen LogP contribution in [-0.2, 0) is 12.3 Å². The van der Waals surface area contributed by atoms with E-state index in [2.05, 4.69) is 20.4 Å². The van der Waals surface area contributed by atoms with Crippen LogP contribution < -0.4 is 5.32 Å². The first-order valence-corrected chi connectivity index (χ1v) is 6.82. The van der Waals surface area contributed by atoms with Crippen LogP contribution >= 0.6 is 11.8 Å². The van der Waals surface area contributed by atoms with Gasteiger partial charge in [-0.3, -0.25) is 4.79 Å². The van der Waals surface area contributed by atoms with Gasteiger partial charge in [0.1, 0.15) is 11.4 Å². The van der Waals surface area contributed by atoms with Crippen LogP contribution in [0.2, 0.25) is 0 Å². The zero-order valence-electron chi connectivity index (χ0n) is 10.2. The van der Waals surface area contributed by atoms with Gasteiger partial charge in [-0.2, -0.15) is 16.7 Å². The first-order valence-electron chi connectivity index (χ1n) is 5.42. The molecule has 2 aromatic rings. The van der Waals surface area contributed by atoms with Crippen molar-refractivity contribution in [1.82, 2.24) is 20.4 Å². The average molecular weight is 280 g/mol. The van der Waals surface area contributed by atoms with E-state index < -0.39 is 0 Å². The van der Waals surface area contributed by atoms with Crippen molar-refractivity contribution in [3.05, 3.63) is 35.7 Å². The molecule has 19 heavy (non-hydrogen) atoms. The van der Waals surface area contributed by atoms with E-state index in [0.29, 0.717) is 17.5 Å². The fraction of sp³-hybridized carbons (Fsp3) is 0.273. The topological polar surface area (TPSA) is 101 Å². The molecular weight excluding hydrogens is 268 g/mol. The third-order valence-electron chi connectivity index (χ3n) is 2.16. The van der Waals surface area contributed by atoms with Crippen molar-refractivity contribution in [1.29, 1.82) is 0 Å². The summed E-state index contributed by atoms with van der Waals surface area (Å²) in [5.41, 5.74) is 0.210. The van der Waals surface area contributed by atoms with E-state index in [4.69, 9.17) is 9.63 Å². The van der Waals surface area contributed by atoms with Crippen LogP contribution in [0.3, 0.4) is 0 Å². The van der Waals surface area contributed by atoms with Crippen LogP contribution in [0.1, 0.15) is 22.2 Å². The average Bonchev–Trinajstić information content (AvgIpc) is 2.85. The number of thioether (sulfide) groups is 1. The molecule has 0 fully saturated rings. The van der Waals surface area contributed by atoms with Crippen molar-refractivity contribution in [2.75, 3.05) is 6.26 Å². The molecule has 0 aromatic carbocycles. The van der Waals surface area contributed by atoms with E-state index in [9.17, 15) is 4.79 Å². The maximum Gasteiger partial charge on any atom is 0.270 e. The number of aromatic nitrogens is 3. The molecule has 7 nitrogen and oxygen atoms in total. The lowest BCUT2D eigenvalue weighted by Gasteiger charge is -2.01. The highest BCUT2D eigenvalue weighted by atomic mass is 32.2. The molecule has 0 saturated carbocycles. The predicted molar refractivity (Wildman–Crippen MR) is 68.6 cm³/mol. The van der Waals surface area contributed by atoms with Crippen LogP contribution in [0, 0.1) is 0 Å². The Kier molecular flexibility index (Phi) is 4.35. The fourth-order valence-electron chi connectivity index (χ4n) is 1.32. The SMILES string of the molecule is CSCc1noc(CNC(=O)c2ccc(O)cn2)n1. The van der Waals surface area contributed by atoms with Crippen LogP contribution in [-0.4, -0.2) is 32.4 Å². The number of aromatic hydroxyl groups is 1. The molecule has 0 atom stereocenters. The highest BCUT2D eigenvalue weighted by Gasteiger charge is 2.10. The first-order chi connectivity index (χ1) is 9.19. The van der Waals surface area contributed by atoms with Crippen LogP contribution in [0.5, 0.6) is 5.75 Å². The van der Waals surface area contributed by atoms with Gasteiger partial charge < -0.3 is 14.9 Å². The number of carbonyl (C=O) groups excluding carboxylic acids is 1. The Morgan fingerprint density at radius 2 is 2.37 bits per heavy atom. The number of pyridine rings is 1. The molecule has 100 valence electrons. The molecule has 2 rings (SSSR count). The molecule has 2 N–H and O–H groups in total. The van der Waals surface area contributed by atoms with Gasteiger partial charge in [-0.15, -0.1) is 0 Å². The number of amides is 1. The minimum atomic E-state index is -0.371. The smallest absolute Gasteiger partial charge is 0.270 e. The summed E-state index contributed by atoms with van der Waals surface area (Å²) in [6.45, 7) is 0.142. The molecular formula is C11H12N4O3S. The standard InChI is InChI=1S/C11H12N4O3S/c1-19-6-9-14-10(18-15-9)5-13-11(17)8-3-2-7(16)4-12-8/h2-4,16H,5-6H2,1H3,(H,13,17). The highest BCUT2D eigenvalue weighted by molar-refractivity contribution is 7.97. The van der Waals surface area contributed by atoms with Crippen molar-refractivity contribution in [2.24, 2.45) is 0 Å². The van der Waals surface area contributed by atoms with Gasteiger partial charge in [-0.1, -0.05) is 5.16 Å². The molecule has 0 aliphatic heterocycles. The second-order valence-corrected chi connectivity index (χ2v) is 4.49. The molecule has 0 radical (unpaired) electrons. The fourth-order valence-corrected chi connectivity index (χ4v) is 1.69. The Hall–Kier alpha value is -2.09. The number of carbonyl (C=O) groups is 1. The Morgan fingerprint density at radius 3 is 3.05 bits per heavy atom. The maximum atomic E-state index is 11.7. The lowest BCUT2D eigenvalue weighted by Crippen LogP contribution is -2.23. The van der Waals surface area contributed by atoms with E-state index in [1.807, 2.05) is 6.26 Å². The summed E-state index contributed by atoms with van der Waals surface area (Å²) < 4.78 is 4.97. The third kappa shape index (κ3) is 3.68. The normalized spacial score (nSPS) is 10.4. The summed E-state index contributed by atoms with van der Waals surface area (Å²) in [6.07, 6.45) is 3.15. The molecule has 1 amide bonds. The van der Waals surface area contributed by atoms with Gasteiger partial charge >= 0.3 is 0 Å². The molecule has 8 heteroatoms. The van der Waals surface area contributed by atoms with Gasteiger partial charge in [0.05, 0.1) is 18.5 Å². The molecule has 0 unspecified atom stereocenters. The molecule has 0 spiro atoms. The summed E-state index contributed by atoms with van der Waals surface area (Å²) >= 11 is 1.58. The Balaban J connectivity index is 1.90. The van der Waals surface area contributed by atoms with E-state index in [1.165, 1.54) is 18.3 Å². The Labute approximate surface area is 113 Å². The zero-order valence-corrected chi connectivity index (χ0v) is 11.0. The van der Waals surface area contributed by atoms with E-state index in [0.717, 1.165) is 0 Å². The predicted octanol–water partition coefficient (Wildman–Crippen LogP) is 0.963. The van der Waals surface area contributed by atoms with Gasteiger partial charge in [-0.05, 0) is 18.4 Å². The van der Waals surface area contributed by atoms with Gasteiger partial charge in [-0.25, -0.2) is 4.98 Å². The van der Waals surface area contributed by atoms with Crippen molar-refractivity contribution < 1.29 is 14.4 Å². The van der Waals surface area contributed by atoms with Crippen LogP contribution in [0.15, 0.2) is 22.9 Å². The number of hydrogen-bond acceptors (Lipinski definition) is 7. The summed E-state index contributed by atoms with van der Waals surface area (Å²) in [6, 6.07) is 2.82. The number of hydrogen-bond donors (Lipinski definition) is 2. The van der Waals surface area contributed by atoms with Crippen molar-refractivity contribution in [3.63, 3.8) is 0 Å².